The van der Waals surface area contributed by atoms with E-state index in [-0.39, 0.29) is 5.75 Å². The van der Waals surface area contributed by atoms with Crippen LogP contribution >= 0.6 is 0 Å². The maximum Gasteiger partial charge on any atom is 0.414 e. The molecule has 23 heavy (non-hydrogen) atoms. The second-order valence-corrected chi connectivity index (χ2v) is 5.48. The number of hydrogen-bond donors (Lipinski definition) is 1. The van der Waals surface area contributed by atoms with Gasteiger partial charge in [0.15, 0.2) is 11.6 Å². The third kappa shape index (κ3) is 3.24. The van der Waals surface area contributed by atoms with E-state index in [2.05, 4.69) is 10.4 Å². The predicted molar refractivity (Wildman–Crippen MR) is 83.2 cm³/mol. The molecule has 1 aliphatic heterocycles. The van der Waals surface area contributed by atoms with Crippen LogP contribution in [0.15, 0.2) is 36.7 Å². The molecule has 0 spiro atoms. The summed E-state index contributed by atoms with van der Waals surface area (Å²) in [6, 6.07) is 6.95. The van der Waals surface area contributed by atoms with Crippen molar-refractivity contribution < 1.29 is 13.9 Å². The quantitative estimate of drug-likeness (QED) is 0.943. The summed E-state index contributed by atoms with van der Waals surface area (Å²) in [4.78, 5) is 16.8. The van der Waals surface area contributed by atoms with Gasteiger partial charge in [0.05, 0.1) is 5.69 Å². The molecule has 0 aliphatic carbocycles. The number of nitrogens with zero attached hydrogens (tertiary/aromatic N) is 3. The lowest BCUT2D eigenvalue weighted by molar-refractivity contribution is 0.169. The standard InChI is InChI=1S/C16H17FN4O2/c1-20(2)16(22)23-14-4-3-11-9-21(10-13(11)15(14)17)19-12-5-7-18-8-6-12/h3-8H,9-10H2,1-2H3,(H,18,19). The smallest absolute Gasteiger partial charge is 0.407 e. The zero-order chi connectivity index (χ0) is 16.4. The fraction of sp³-hybridized carbons (Fsp3) is 0.250. The highest BCUT2D eigenvalue weighted by atomic mass is 19.1. The first-order valence-corrected chi connectivity index (χ1v) is 7.15. The molecule has 0 unspecified atom stereocenters. The van der Waals surface area contributed by atoms with E-state index in [0.29, 0.717) is 18.7 Å². The van der Waals surface area contributed by atoms with E-state index in [0.717, 1.165) is 11.3 Å². The number of carbonyl (C=O) groups is 1. The number of halogens is 1. The molecule has 2 aromatic rings. The Morgan fingerprint density at radius 1 is 1.26 bits per heavy atom. The summed E-state index contributed by atoms with van der Waals surface area (Å²) < 4.78 is 19.6. The molecule has 1 aromatic carbocycles. The highest BCUT2D eigenvalue weighted by Gasteiger charge is 2.25. The third-order valence-corrected chi connectivity index (χ3v) is 3.54. The van der Waals surface area contributed by atoms with Gasteiger partial charge in [-0.2, -0.15) is 0 Å². The number of aromatic nitrogens is 1. The Hall–Kier alpha value is -2.67. The number of nitrogens with one attached hydrogen (secondary N) is 1. The second-order valence-electron chi connectivity index (χ2n) is 5.48. The number of ether oxygens (including phenoxy) is 1. The Bertz CT molecular complexity index is 722. The van der Waals surface area contributed by atoms with Crippen molar-refractivity contribution in [1.82, 2.24) is 14.9 Å². The minimum absolute atomic E-state index is 0.0480. The van der Waals surface area contributed by atoms with Crippen LogP contribution in [0.2, 0.25) is 0 Å². The van der Waals surface area contributed by atoms with Crippen LogP contribution in [-0.2, 0) is 13.1 Å². The predicted octanol–water partition coefficient (Wildman–Crippen LogP) is 2.62. The van der Waals surface area contributed by atoms with Crippen LogP contribution in [0.1, 0.15) is 11.1 Å². The number of amides is 1. The molecule has 6 nitrogen and oxygen atoms in total. The molecule has 1 N–H and O–H groups in total. The monoisotopic (exact) mass is 316 g/mol. The van der Waals surface area contributed by atoms with Crippen molar-refractivity contribution in [3.05, 3.63) is 53.6 Å². The fourth-order valence-corrected chi connectivity index (χ4v) is 2.36. The Balaban J connectivity index is 1.75. The summed E-state index contributed by atoms with van der Waals surface area (Å²) in [5.41, 5.74) is 5.49. The molecule has 1 aromatic heterocycles. The number of hydrogen-bond acceptors (Lipinski definition) is 5. The van der Waals surface area contributed by atoms with Crippen molar-refractivity contribution in [3.63, 3.8) is 0 Å². The van der Waals surface area contributed by atoms with Crippen LogP contribution in [0.3, 0.4) is 0 Å². The average molecular weight is 316 g/mol. The van der Waals surface area contributed by atoms with E-state index in [1.165, 1.54) is 11.0 Å². The van der Waals surface area contributed by atoms with E-state index in [1.807, 2.05) is 17.1 Å². The van der Waals surface area contributed by atoms with Gasteiger partial charge >= 0.3 is 6.09 Å². The lowest BCUT2D eigenvalue weighted by Crippen LogP contribution is -2.25. The minimum Gasteiger partial charge on any atom is -0.407 e. The van der Waals surface area contributed by atoms with Crippen molar-refractivity contribution in [2.24, 2.45) is 0 Å². The summed E-state index contributed by atoms with van der Waals surface area (Å²) in [5.74, 6) is -0.537. The number of rotatable bonds is 3. The van der Waals surface area contributed by atoms with E-state index in [4.69, 9.17) is 4.74 Å². The molecule has 3 rings (SSSR count). The number of benzene rings is 1. The fourth-order valence-electron chi connectivity index (χ4n) is 2.36. The zero-order valence-corrected chi connectivity index (χ0v) is 12.9. The summed E-state index contributed by atoms with van der Waals surface area (Å²) in [5, 5.41) is 1.89. The molecule has 0 saturated heterocycles. The molecule has 2 heterocycles. The first kappa shape index (κ1) is 15.2. The highest BCUT2D eigenvalue weighted by Crippen LogP contribution is 2.31. The molecular weight excluding hydrogens is 299 g/mol. The Kier molecular flexibility index (Phi) is 4.12. The van der Waals surface area contributed by atoms with Crippen molar-refractivity contribution in [2.45, 2.75) is 13.1 Å². The van der Waals surface area contributed by atoms with Gasteiger partial charge < -0.3 is 15.1 Å². The zero-order valence-electron chi connectivity index (χ0n) is 12.9. The van der Waals surface area contributed by atoms with Gasteiger partial charge in [-0.3, -0.25) is 4.98 Å². The van der Waals surface area contributed by atoms with Gasteiger partial charge in [-0.05, 0) is 23.8 Å². The van der Waals surface area contributed by atoms with Crippen molar-refractivity contribution in [2.75, 3.05) is 19.5 Å². The van der Waals surface area contributed by atoms with Gasteiger partial charge in [0, 0.05) is 45.1 Å². The number of carbonyl (C=O) groups excluding carboxylic acids is 1. The van der Waals surface area contributed by atoms with Gasteiger partial charge in [-0.15, -0.1) is 0 Å². The number of fused-ring (bicyclic) bond motifs is 1. The van der Waals surface area contributed by atoms with Crippen molar-refractivity contribution >= 4 is 11.8 Å². The van der Waals surface area contributed by atoms with E-state index in [9.17, 15) is 9.18 Å². The van der Waals surface area contributed by atoms with Gasteiger partial charge in [-0.1, -0.05) is 6.07 Å². The Morgan fingerprint density at radius 3 is 2.70 bits per heavy atom. The van der Waals surface area contributed by atoms with E-state index in [1.54, 1.807) is 32.6 Å². The van der Waals surface area contributed by atoms with Gasteiger partial charge in [0.1, 0.15) is 0 Å². The number of hydrazine groups is 1. The number of pyridine rings is 1. The van der Waals surface area contributed by atoms with E-state index < -0.39 is 11.9 Å². The van der Waals surface area contributed by atoms with Crippen molar-refractivity contribution in [3.8, 4) is 5.75 Å². The van der Waals surface area contributed by atoms with Crippen molar-refractivity contribution in [1.29, 1.82) is 0 Å². The summed E-state index contributed by atoms with van der Waals surface area (Å²) in [7, 11) is 3.10. The normalized spacial score (nSPS) is 13.5. The largest absolute Gasteiger partial charge is 0.414 e. The molecule has 7 heteroatoms. The summed E-state index contributed by atoms with van der Waals surface area (Å²) in [6.07, 6.45) is 2.77. The molecular formula is C16H17FN4O2. The van der Waals surface area contributed by atoms with E-state index >= 15 is 0 Å². The maximum absolute atomic E-state index is 14.5. The van der Waals surface area contributed by atoms with Crippen LogP contribution < -0.4 is 10.2 Å². The van der Waals surface area contributed by atoms with Gasteiger partial charge in [-0.25, -0.2) is 14.2 Å². The van der Waals surface area contributed by atoms with Crippen LogP contribution in [0.4, 0.5) is 14.9 Å². The SMILES string of the molecule is CN(C)C(=O)Oc1ccc2c(c1F)CN(Nc1ccncc1)C2. The van der Waals surface area contributed by atoms with Crippen LogP contribution in [0, 0.1) is 5.82 Å². The summed E-state index contributed by atoms with van der Waals surface area (Å²) in [6.45, 7) is 0.952. The lowest BCUT2D eigenvalue weighted by atomic mass is 10.1. The first-order valence-electron chi connectivity index (χ1n) is 7.15. The summed E-state index contributed by atoms with van der Waals surface area (Å²) >= 11 is 0. The third-order valence-electron chi connectivity index (χ3n) is 3.54. The Morgan fingerprint density at radius 2 is 2.00 bits per heavy atom. The lowest BCUT2D eigenvalue weighted by Gasteiger charge is -2.17. The molecule has 1 aliphatic rings. The highest BCUT2D eigenvalue weighted by molar-refractivity contribution is 5.70. The van der Waals surface area contributed by atoms with Gasteiger partial charge in [0.2, 0.25) is 0 Å². The maximum atomic E-state index is 14.5. The molecule has 0 radical (unpaired) electrons. The average Bonchev–Trinajstić information content (AvgIpc) is 2.94. The van der Waals surface area contributed by atoms with Crippen LogP contribution in [0.5, 0.6) is 5.75 Å². The minimum atomic E-state index is -0.603. The molecule has 0 bridgehead atoms. The topological polar surface area (TPSA) is 57.7 Å². The van der Waals surface area contributed by atoms with Gasteiger partial charge in [0.25, 0.3) is 0 Å². The van der Waals surface area contributed by atoms with Crippen LogP contribution in [0.25, 0.3) is 0 Å². The molecule has 0 saturated carbocycles. The molecule has 120 valence electrons. The molecule has 0 fully saturated rings. The first-order chi connectivity index (χ1) is 11.0. The molecule has 1 amide bonds. The number of anilines is 1. The second kappa shape index (κ2) is 6.21. The Labute approximate surface area is 133 Å². The molecule has 0 atom stereocenters. The van der Waals surface area contributed by atoms with Crippen LogP contribution in [-0.4, -0.2) is 35.1 Å².